The third-order valence-electron chi connectivity index (χ3n) is 8.60. The zero-order valence-electron chi connectivity index (χ0n) is 24.3. The lowest BCUT2D eigenvalue weighted by Gasteiger charge is -2.38. The zero-order valence-corrected chi connectivity index (χ0v) is 24.3. The van der Waals surface area contributed by atoms with Gasteiger partial charge in [0, 0.05) is 5.41 Å². The van der Waals surface area contributed by atoms with Gasteiger partial charge in [0.25, 0.3) is 0 Å². The van der Waals surface area contributed by atoms with Crippen molar-refractivity contribution in [1.29, 1.82) is 0 Å². The molecule has 0 heterocycles. The van der Waals surface area contributed by atoms with Gasteiger partial charge < -0.3 is 14.9 Å². The Labute approximate surface area is 221 Å². The minimum Gasteiger partial charge on any atom is -0.427 e. The van der Waals surface area contributed by atoms with Crippen molar-refractivity contribution in [3.05, 3.63) is 70.3 Å². The molecule has 3 nitrogen and oxygen atoms in total. The first-order valence-corrected chi connectivity index (χ1v) is 13.6. The van der Waals surface area contributed by atoms with E-state index in [1.54, 1.807) is 21.3 Å². The molecule has 0 aliphatic heterocycles. The summed E-state index contributed by atoms with van der Waals surface area (Å²) in [5.74, 6) is 0. The second kappa shape index (κ2) is 11.7. The Kier molecular flexibility index (Phi) is 9.84. The molecule has 0 amide bonds. The maximum Gasteiger partial charge on any atom is 0.331 e. The highest BCUT2D eigenvalue weighted by Gasteiger charge is 2.36. The van der Waals surface area contributed by atoms with Gasteiger partial charge in [-0.1, -0.05) is 87.3 Å². The first-order valence-electron chi connectivity index (χ1n) is 13.6. The fourth-order valence-corrected chi connectivity index (χ4v) is 4.58. The van der Waals surface area contributed by atoms with Crippen molar-refractivity contribution in [1.82, 2.24) is 0 Å². The van der Waals surface area contributed by atoms with E-state index in [2.05, 4.69) is 70.2 Å². The summed E-state index contributed by atoms with van der Waals surface area (Å²) in [4.78, 5) is 0. The summed E-state index contributed by atoms with van der Waals surface area (Å²) < 4.78 is 6.02. The summed E-state index contributed by atoms with van der Waals surface area (Å²) in [7, 11) is 1.77. The topological polar surface area (TPSA) is 49.7 Å². The Hall–Kier alpha value is -1.88. The molecule has 0 saturated carbocycles. The third-order valence-corrected chi connectivity index (χ3v) is 8.60. The predicted octanol–water partition coefficient (Wildman–Crippen LogP) is 6.78. The van der Waals surface area contributed by atoms with E-state index in [0.29, 0.717) is 12.8 Å². The van der Waals surface area contributed by atoms with Crippen molar-refractivity contribution < 1.29 is 14.9 Å². The van der Waals surface area contributed by atoms with Crippen LogP contribution in [-0.4, -0.2) is 34.5 Å². The molecule has 0 saturated heterocycles. The molecule has 0 aromatic heterocycles. The molecule has 2 aromatic rings. The van der Waals surface area contributed by atoms with E-state index < -0.39 is 16.8 Å². The molecule has 0 aliphatic carbocycles. The van der Waals surface area contributed by atoms with Crippen LogP contribution in [0.3, 0.4) is 0 Å². The second-order valence-electron chi connectivity index (χ2n) is 11.4. The van der Waals surface area contributed by atoms with Crippen LogP contribution in [0.5, 0.6) is 0 Å². The standard InChI is InChI=1S/C32H48BO3/c1-11-31(35,12-2)20-19-25-15-16-26(21-23(25)5)32(13-3,14-4)27-17-18-28(24(6)22-27)33-36-30(9,10)29(7,8)34/h15-22,34-35H,11-14H2,1-10H3/b20-19+. The minimum atomic E-state index is -0.956. The molecule has 2 N–H and O–H groups in total. The largest absolute Gasteiger partial charge is 0.427 e. The lowest BCUT2D eigenvalue weighted by molar-refractivity contribution is -0.0893. The van der Waals surface area contributed by atoms with Gasteiger partial charge in [0.2, 0.25) is 0 Å². The van der Waals surface area contributed by atoms with E-state index in [-0.39, 0.29) is 5.41 Å². The summed E-state index contributed by atoms with van der Waals surface area (Å²) in [6, 6.07) is 13.4. The highest BCUT2D eigenvalue weighted by atomic mass is 16.5. The van der Waals surface area contributed by atoms with Crippen LogP contribution in [0.1, 0.15) is 109 Å². The predicted molar refractivity (Wildman–Crippen MR) is 155 cm³/mol. The molecule has 4 heteroatoms. The average molecular weight is 492 g/mol. The van der Waals surface area contributed by atoms with Crippen LogP contribution >= 0.6 is 0 Å². The van der Waals surface area contributed by atoms with Crippen LogP contribution in [0.15, 0.2) is 42.5 Å². The van der Waals surface area contributed by atoms with Crippen molar-refractivity contribution in [2.75, 3.05) is 0 Å². The summed E-state index contributed by atoms with van der Waals surface area (Å²) in [6.07, 6.45) is 7.41. The lowest BCUT2D eigenvalue weighted by atomic mass is 9.68. The number of benzene rings is 2. The van der Waals surface area contributed by atoms with Crippen molar-refractivity contribution in [3.63, 3.8) is 0 Å². The van der Waals surface area contributed by atoms with Gasteiger partial charge in [-0.2, -0.15) is 0 Å². The van der Waals surface area contributed by atoms with Crippen LogP contribution in [0.2, 0.25) is 0 Å². The molecular formula is C32H48BO3. The molecule has 0 atom stereocenters. The first-order chi connectivity index (χ1) is 16.7. The van der Waals surface area contributed by atoms with Gasteiger partial charge in [-0.3, -0.25) is 0 Å². The molecule has 2 rings (SSSR count). The van der Waals surface area contributed by atoms with Crippen LogP contribution in [-0.2, 0) is 10.1 Å². The summed E-state index contributed by atoms with van der Waals surface area (Å²) in [5.41, 5.74) is 4.67. The number of hydrogen-bond acceptors (Lipinski definition) is 3. The Balaban J connectivity index is 2.39. The maximum absolute atomic E-state index is 10.6. The van der Waals surface area contributed by atoms with Gasteiger partial charge in [0.05, 0.1) is 16.8 Å². The molecule has 1 radical (unpaired) electrons. The highest BCUT2D eigenvalue weighted by molar-refractivity contribution is 6.47. The van der Waals surface area contributed by atoms with Crippen LogP contribution < -0.4 is 5.46 Å². The fourth-order valence-electron chi connectivity index (χ4n) is 4.58. The van der Waals surface area contributed by atoms with Crippen molar-refractivity contribution in [2.45, 2.75) is 117 Å². The van der Waals surface area contributed by atoms with E-state index in [9.17, 15) is 10.2 Å². The molecule has 0 bridgehead atoms. The smallest absolute Gasteiger partial charge is 0.331 e. The van der Waals surface area contributed by atoms with Gasteiger partial charge in [0.15, 0.2) is 0 Å². The Morgan fingerprint density at radius 1 is 0.778 bits per heavy atom. The molecule has 2 aromatic carbocycles. The first kappa shape index (κ1) is 30.3. The maximum atomic E-state index is 10.6. The van der Waals surface area contributed by atoms with Crippen LogP contribution in [0.4, 0.5) is 0 Å². The summed E-state index contributed by atoms with van der Waals surface area (Å²) in [5, 5.41) is 21.1. The van der Waals surface area contributed by atoms with Gasteiger partial charge in [0.1, 0.15) is 0 Å². The van der Waals surface area contributed by atoms with Crippen LogP contribution in [0, 0.1) is 13.8 Å². The van der Waals surface area contributed by atoms with Gasteiger partial charge in [-0.25, -0.2) is 0 Å². The monoisotopic (exact) mass is 491 g/mol. The van der Waals surface area contributed by atoms with E-state index in [4.69, 9.17) is 4.65 Å². The number of rotatable bonds is 12. The number of aryl methyl sites for hydroxylation is 2. The van der Waals surface area contributed by atoms with Crippen LogP contribution in [0.25, 0.3) is 6.08 Å². The number of hydrogen-bond donors (Lipinski definition) is 2. The van der Waals surface area contributed by atoms with Crippen molar-refractivity contribution in [3.8, 4) is 0 Å². The average Bonchev–Trinajstić information content (AvgIpc) is 2.83. The summed E-state index contributed by atoms with van der Waals surface area (Å²) in [6.45, 7) is 20.2. The molecule has 0 fully saturated rings. The molecule has 0 aliphatic rings. The Morgan fingerprint density at radius 2 is 1.31 bits per heavy atom. The minimum absolute atomic E-state index is 0.0862. The highest BCUT2D eigenvalue weighted by Crippen LogP contribution is 2.40. The second-order valence-corrected chi connectivity index (χ2v) is 11.4. The SMILES string of the molecule is CCC(O)(/C=C/c1ccc(C(CC)(CC)c2ccc([B]OC(C)(C)C(C)(C)O)c(C)c2)cc1C)CC. The van der Waals surface area contributed by atoms with Gasteiger partial charge >= 0.3 is 7.48 Å². The quantitative estimate of drug-likeness (QED) is 0.322. The Bertz CT molecular complexity index is 1040. The van der Waals surface area contributed by atoms with E-state index in [0.717, 1.165) is 29.4 Å². The van der Waals surface area contributed by atoms with Crippen molar-refractivity contribution >= 4 is 19.0 Å². The van der Waals surface area contributed by atoms with E-state index in [1.807, 2.05) is 33.8 Å². The van der Waals surface area contributed by atoms with Crippen molar-refractivity contribution in [2.24, 2.45) is 0 Å². The zero-order chi connectivity index (χ0) is 27.4. The number of aliphatic hydroxyl groups is 2. The summed E-state index contributed by atoms with van der Waals surface area (Å²) >= 11 is 0. The lowest BCUT2D eigenvalue weighted by Crippen LogP contribution is -2.49. The van der Waals surface area contributed by atoms with Gasteiger partial charge in [-0.15, -0.1) is 0 Å². The molecule has 0 spiro atoms. The molecule has 36 heavy (non-hydrogen) atoms. The van der Waals surface area contributed by atoms with E-state index >= 15 is 0 Å². The van der Waals surface area contributed by atoms with Gasteiger partial charge in [-0.05, 0) is 89.5 Å². The Morgan fingerprint density at radius 3 is 1.75 bits per heavy atom. The van der Waals surface area contributed by atoms with E-state index in [1.165, 1.54) is 16.7 Å². The normalized spacial score (nSPS) is 13.4. The fraction of sp³-hybridized carbons (Fsp3) is 0.562. The third kappa shape index (κ3) is 6.51. The molecular weight excluding hydrogens is 443 g/mol. The molecule has 0 unspecified atom stereocenters. The molecule has 197 valence electrons.